The van der Waals surface area contributed by atoms with Gasteiger partial charge in [0.25, 0.3) is 6.43 Å². The van der Waals surface area contributed by atoms with Gasteiger partial charge in [-0.3, -0.25) is 0 Å². The van der Waals surface area contributed by atoms with Crippen molar-refractivity contribution in [3.8, 4) is 6.07 Å². The van der Waals surface area contributed by atoms with Crippen LogP contribution in [0.3, 0.4) is 0 Å². The van der Waals surface area contributed by atoms with Gasteiger partial charge in [-0.1, -0.05) is 0 Å². The van der Waals surface area contributed by atoms with E-state index in [2.05, 4.69) is 20.9 Å². The number of nitriles is 1. The summed E-state index contributed by atoms with van der Waals surface area (Å²) >= 11 is 8.37. The third-order valence-corrected chi connectivity index (χ3v) is 2.47. The fraction of sp³-hybridized carbons (Fsp3) is 0.250. The van der Waals surface area contributed by atoms with Gasteiger partial charge in [0.15, 0.2) is 0 Å². The molecule has 0 saturated heterocycles. The first-order valence-corrected chi connectivity index (χ1v) is 4.86. The summed E-state index contributed by atoms with van der Waals surface area (Å²) in [5.74, 6) is -0.0739. The molecule has 0 atom stereocenters. The zero-order valence-electron chi connectivity index (χ0n) is 6.77. The van der Waals surface area contributed by atoms with E-state index in [9.17, 15) is 8.78 Å². The third kappa shape index (κ3) is 2.20. The Morgan fingerprint density at radius 3 is 2.71 bits per heavy atom. The second-order valence-electron chi connectivity index (χ2n) is 2.42. The van der Waals surface area contributed by atoms with Gasteiger partial charge in [0.05, 0.1) is 5.56 Å². The molecule has 0 radical (unpaired) electrons. The van der Waals surface area contributed by atoms with Crippen molar-refractivity contribution in [3.05, 3.63) is 27.5 Å². The lowest BCUT2D eigenvalue weighted by atomic mass is 10.1. The maximum atomic E-state index is 12.5. The van der Waals surface area contributed by atoms with E-state index in [1.54, 1.807) is 6.07 Å². The molecule has 0 unspecified atom stereocenters. The molecule has 0 N–H and O–H groups in total. The molecular formula is C8H4BrClF2N2. The number of halogens is 4. The molecule has 6 heteroatoms. The van der Waals surface area contributed by atoms with Crippen LogP contribution < -0.4 is 0 Å². The minimum Gasteiger partial charge on any atom is -0.230 e. The van der Waals surface area contributed by atoms with E-state index in [1.807, 2.05) is 0 Å². The summed E-state index contributed by atoms with van der Waals surface area (Å²) in [4.78, 5) is 3.64. The van der Waals surface area contributed by atoms with Crippen LogP contribution >= 0.6 is 27.5 Å². The van der Waals surface area contributed by atoms with Crippen LogP contribution in [0, 0.1) is 11.3 Å². The predicted molar refractivity (Wildman–Crippen MR) is 51.2 cm³/mol. The number of nitrogens with zero attached hydrogens (tertiary/aromatic N) is 2. The lowest BCUT2D eigenvalue weighted by Crippen LogP contribution is -1.98. The van der Waals surface area contributed by atoms with Crippen LogP contribution in [0.4, 0.5) is 8.78 Å². The van der Waals surface area contributed by atoms with Gasteiger partial charge in [0.2, 0.25) is 0 Å². The summed E-state index contributed by atoms with van der Waals surface area (Å²) in [7, 11) is 0. The largest absolute Gasteiger partial charge is 0.266 e. The highest BCUT2D eigenvalue weighted by atomic mass is 79.9. The van der Waals surface area contributed by atoms with Gasteiger partial charge < -0.3 is 0 Å². The van der Waals surface area contributed by atoms with E-state index in [4.69, 9.17) is 16.9 Å². The molecule has 0 aromatic carbocycles. The Morgan fingerprint density at radius 2 is 2.29 bits per heavy atom. The van der Waals surface area contributed by atoms with Crippen molar-refractivity contribution < 1.29 is 8.78 Å². The summed E-state index contributed by atoms with van der Waals surface area (Å²) < 4.78 is 25.0. The summed E-state index contributed by atoms with van der Waals surface area (Å²) in [5.41, 5.74) is 0.0380. The molecule has 1 heterocycles. The minimum absolute atomic E-state index is 0.0257. The van der Waals surface area contributed by atoms with Gasteiger partial charge in [-0.05, 0) is 27.6 Å². The maximum absolute atomic E-state index is 12.5. The van der Waals surface area contributed by atoms with E-state index in [-0.39, 0.29) is 27.3 Å². The van der Waals surface area contributed by atoms with Crippen LogP contribution in [0.5, 0.6) is 0 Å². The number of alkyl halides is 3. The molecule has 1 rings (SSSR count). The molecule has 0 aliphatic carbocycles. The van der Waals surface area contributed by atoms with E-state index in [1.165, 1.54) is 6.07 Å². The van der Waals surface area contributed by atoms with Gasteiger partial charge in [0.1, 0.15) is 16.4 Å². The van der Waals surface area contributed by atoms with E-state index in [0.29, 0.717) is 0 Å². The molecule has 0 fully saturated rings. The van der Waals surface area contributed by atoms with E-state index in [0.717, 1.165) is 0 Å². The van der Waals surface area contributed by atoms with Crippen LogP contribution in [0.1, 0.15) is 23.2 Å². The van der Waals surface area contributed by atoms with Gasteiger partial charge in [-0.25, -0.2) is 13.8 Å². The van der Waals surface area contributed by atoms with Crippen LogP contribution in [-0.2, 0) is 5.88 Å². The van der Waals surface area contributed by atoms with Crippen molar-refractivity contribution in [1.82, 2.24) is 4.98 Å². The van der Waals surface area contributed by atoms with Gasteiger partial charge >= 0.3 is 0 Å². The number of aromatic nitrogens is 1. The SMILES string of the molecule is N#Cc1cc(CCl)c(C(F)F)c(Br)n1. The van der Waals surface area contributed by atoms with E-state index < -0.39 is 6.43 Å². The van der Waals surface area contributed by atoms with Crippen molar-refractivity contribution in [2.45, 2.75) is 12.3 Å². The molecule has 0 aliphatic heterocycles. The Labute approximate surface area is 92.6 Å². The first-order valence-electron chi connectivity index (χ1n) is 3.53. The number of pyridine rings is 1. The first-order chi connectivity index (χ1) is 6.60. The molecule has 1 aromatic heterocycles. The Kier molecular flexibility index (Phi) is 3.78. The lowest BCUT2D eigenvalue weighted by Gasteiger charge is -2.07. The molecule has 2 nitrogen and oxygen atoms in total. The molecule has 0 spiro atoms. The zero-order chi connectivity index (χ0) is 10.7. The number of hydrogen-bond donors (Lipinski definition) is 0. The Morgan fingerprint density at radius 1 is 1.64 bits per heavy atom. The van der Waals surface area contributed by atoms with Crippen molar-refractivity contribution in [2.24, 2.45) is 0 Å². The summed E-state index contributed by atoms with van der Waals surface area (Å²) in [5, 5.41) is 8.55. The molecule has 0 amide bonds. The fourth-order valence-corrected chi connectivity index (χ4v) is 1.81. The molecular weight excluding hydrogens is 277 g/mol. The lowest BCUT2D eigenvalue weighted by molar-refractivity contribution is 0.149. The quantitative estimate of drug-likeness (QED) is 0.615. The molecule has 14 heavy (non-hydrogen) atoms. The van der Waals surface area contributed by atoms with Crippen LogP contribution in [0.15, 0.2) is 10.7 Å². The fourth-order valence-electron chi connectivity index (χ4n) is 0.972. The summed E-state index contributed by atoms with van der Waals surface area (Å²) in [6.45, 7) is 0. The molecule has 74 valence electrons. The molecule has 0 saturated carbocycles. The standard InChI is InChI=1S/C8H4BrClF2N2/c9-7-6(8(11)12)4(2-10)1-5(3-13)14-7/h1,8H,2H2. The van der Waals surface area contributed by atoms with Crippen LogP contribution in [0.25, 0.3) is 0 Å². The molecule has 0 aliphatic rings. The predicted octanol–water partition coefficient (Wildman–Crippen LogP) is 3.39. The summed E-state index contributed by atoms with van der Waals surface area (Å²) in [6, 6.07) is 3.03. The Hall–Kier alpha value is -0.730. The smallest absolute Gasteiger partial charge is 0.230 e. The van der Waals surface area contributed by atoms with E-state index >= 15 is 0 Å². The molecule has 0 bridgehead atoms. The average molecular weight is 281 g/mol. The number of rotatable bonds is 2. The second kappa shape index (κ2) is 4.67. The van der Waals surface area contributed by atoms with Crippen LogP contribution in [0.2, 0.25) is 0 Å². The summed E-state index contributed by atoms with van der Waals surface area (Å²) in [6.07, 6.45) is -2.65. The average Bonchev–Trinajstić information content (AvgIpc) is 2.15. The first kappa shape index (κ1) is 11.3. The minimum atomic E-state index is -2.65. The third-order valence-electron chi connectivity index (χ3n) is 1.57. The maximum Gasteiger partial charge on any atom is 0.266 e. The van der Waals surface area contributed by atoms with Gasteiger partial charge in [0, 0.05) is 5.88 Å². The van der Waals surface area contributed by atoms with Crippen molar-refractivity contribution in [2.75, 3.05) is 0 Å². The Bertz CT molecular complexity index is 390. The second-order valence-corrected chi connectivity index (χ2v) is 3.44. The molecule has 1 aromatic rings. The van der Waals surface area contributed by atoms with Crippen molar-refractivity contribution in [3.63, 3.8) is 0 Å². The van der Waals surface area contributed by atoms with Gasteiger partial charge in [-0.2, -0.15) is 5.26 Å². The van der Waals surface area contributed by atoms with Crippen molar-refractivity contribution >= 4 is 27.5 Å². The van der Waals surface area contributed by atoms with Crippen molar-refractivity contribution in [1.29, 1.82) is 5.26 Å². The van der Waals surface area contributed by atoms with Crippen LogP contribution in [-0.4, -0.2) is 4.98 Å². The highest BCUT2D eigenvalue weighted by Crippen LogP contribution is 2.30. The zero-order valence-corrected chi connectivity index (χ0v) is 9.11. The monoisotopic (exact) mass is 280 g/mol. The van der Waals surface area contributed by atoms with Gasteiger partial charge in [-0.15, -0.1) is 11.6 Å². The Balaban J connectivity index is 3.36. The number of hydrogen-bond acceptors (Lipinski definition) is 2. The highest BCUT2D eigenvalue weighted by Gasteiger charge is 2.18. The topological polar surface area (TPSA) is 36.7 Å². The normalized spacial score (nSPS) is 10.3. The highest BCUT2D eigenvalue weighted by molar-refractivity contribution is 9.10.